The molecule has 0 saturated carbocycles. The van der Waals surface area contributed by atoms with E-state index in [4.69, 9.17) is 4.74 Å². The highest BCUT2D eigenvalue weighted by molar-refractivity contribution is 6.36. The summed E-state index contributed by atoms with van der Waals surface area (Å²) in [5.74, 6) is 0.131. The third-order valence-corrected chi connectivity index (χ3v) is 4.69. The van der Waals surface area contributed by atoms with E-state index in [1.54, 1.807) is 6.92 Å². The zero-order valence-corrected chi connectivity index (χ0v) is 16.1. The lowest BCUT2D eigenvalue weighted by atomic mass is 9.99. The Bertz CT molecular complexity index is 931. The molecule has 2 aromatic carbocycles. The number of anilines is 1. The fourth-order valence-electron chi connectivity index (χ4n) is 3.12. The molecule has 2 aromatic rings. The van der Waals surface area contributed by atoms with Gasteiger partial charge in [0.05, 0.1) is 12.2 Å². The van der Waals surface area contributed by atoms with Crippen molar-refractivity contribution in [3.05, 3.63) is 64.9 Å². The quantitative estimate of drug-likeness (QED) is 0.790. The molecular weight excluding hydrogens is 340 g/mol. The van der Waals surface area contributed by atoms with Crippen molar-refractivity contribution in [1.82, 2.24) is 4.90 Å². The van der Waals surface area contributed by atoms with Crippen LogP contribution in [0, 0.1) is 13.8 Å². The number of aryl methyl sites for hydroxylation is 2. The molecule has 0 atom stereocenters. The molecule has 1 aliphatic heterocycles. The first-order valence-electron chi connectivity index (χ1n) is 9.14. The number of nitrogens with zero attached hydrogens (tertiary/aromatic N) is 1. The second-order valence-electron chi connectivity index (χ2n) is 6.49. The van der Waals surface area contributed by atoms with Gasteiger partial charge in [0.25, 0.3) is 11.8 Å². The molecule has 3 rings (SSSR count). The van der Waals surface area contributed by atoms with E-state index in [-0.39, 0.29) is 11.8 Å². The lowest BCUT2D eigenvalue weighted by molar-refractivity contribution is -0.136. The smallest absolute Gasteiger partial charge is 0.278 e. The average Bonchev–Trinajstić information content (AvgIpc) is 2.88. The molecule has 1 heterocycles. The predicted octanol–water partition coefficient (Wildman–Crippen LogP) is 3.91. The van der Waals surface area contributed by atoms with Crippen LogP contribution in [0.3, 0.4) is 0 Å². The van der Waals surface area contributed by atoms with Crippen LogP contribution in [0.4, 0.5) is 5.69 Å². The molecule has 0 saturated heterocycles. The van der Waals surface area contributed by atoms with Gasteiger partial charge in [0, 0.05) is 18.3 Å². The van der Waals surface area contributed by atoms with Gasteiger partial charge in [-0.05, 0) is 56.5 Å². The van der Waals surface area contributed by atoms with E-state index in [9.17, 15) is 9.59 Å². The first kappa shape index (κ1) is 18.7. The molecule has 140 valence electrons. The maximum Gasteiger partial charge on any atom is 0.278 e. The van der Waals surface area contributed by atoms with Crippen LogP contribution in [0.25, 0.3) is 5.57 Å². The zero-order valence-electron chi connectivity index (χ0n) is 16.1. The number of carbonyl (C=O) groups is 2. The third kappa shape index (κ3) is 3.58. The number of hydrogen-bond donors (Lipinski definition) is 1. The van der Waals surface area contributed by atoms with Crippen LogP contribution >= 0.6 is 0 Å². The fourth-order valence-corrected chi connectivity index (χ4v) is 3.12. The van der Waals surface area contributed by atoms with Crippen molar-refractivity contribution in [2.24, 2.45) is 0 Å². The highest BCUT2D eigenvalue weighted by atomic mass is 16.5. The van der Waals surface area contributed by atoms with E-state index >= 15 is 0 Å². The van der Waals surface area contributed by atoms with Gasteiger partial charge in [-0.25, -0.2) is 0 Å². The molecule has 5 heteroatoms. The minimum Gasteiger partial charge on any atom is -0.494 e. The molecule has 0 fully saturated rings. The molecular formula is C22H24N2O3. The summed E-state index contributed by atoms with van der Waals surface area (Å²) in [6, 6.07) is 13.2. The minimum absolute atomic E-state index is 0.269. The van der Waals surface area contributed by atoms with Crippen molar-refractivity contribution < 1.29 is 14.3 Å². The Balaban J connectivity index is 2.07. The van der Waals surface area contributed by atoms with Crippen molar-refractivity contribution in [3.63, 3.8) is 0 Å². The van der Waals surface area contributed by atoms with E-state index in [1.165, 1.54) is 4.90 Å². The normalized spacial score (nSPS) is 14.1. The number of rotatable bonds is 6. The van der Waals surface area contributed by atoms with Crippen LogP contribution in [0.15, 0.2) is 48.2 Å². The van der Waals surface area contributed by atoms with Crippen molar-refractivity contribution in [3.8, 4) is 5.75 Å². The van der Waals surface area contributed by atoms with Crippen LogP contribution in [-0.2, 0) is 9.59 Å². The maximum absolute atomic E-state index is 12.9. The molecule has 1 N–H and O–H groups in total. The Morgan fingerprint density at radius 1 is 0.963 bits per heavy atom. The lowest BCUT2D eigenvalue weighted by Crippen LogP contribution is -2.32. The molecule has 0 unspecified atom stereocenters. The summed E-state index contributed by atoms with van der Waals surface area (Å²) in [5, 5.41) is 3.15. The SMILES string of the molecule is CCOc1cccc(NC2=C(c3ccc(C)c(C)c3)C(=O)N(CC)C2=O)c1. The maximum atomic E-state index is 12.9. The van der Waals surface area contributed by atoms with Crippen molar-refractivity contribution in [2.45, 2.75) is 27.7 Å². The minimum atomic E-state index is -0.308. The average molecular weight is 364 g/mol. The van der Waals surface area contributed by atoms with E-state index < -0.39 is 0 Å². The Labute approximate surface area is 159 Å². The van der Waals surface area contributed by atoms with Gasteiger partial charge in [-0.3, -0.25) is 14.5 Å². The highest BCUT2D eigenvalue weighted by Gasteiger charge is 2.38. The lowest BCUT2D eigenvalue weighted by Gasteiger charge is -2.12. The van der Waals surface area contributed by atoms with Gasteiger partial charge in [0.1, 0.15) is 11.4 Å². The number of carbonyl (C=O) groups excluding carboxylic acids is 2. The predicted molar refractivity (Wildman–Crippen MR) is 106 cm³/mol. The summed E-state index contributed by atoms with van der Waals surface area (Å²) in [6.07, 6.45) is 0. The highest BCUT2D eigenvalue weighted by Crippen LogP contribution is 2.31. The third-order valence-electron chi connectivity index (χ3n) is 4.69. The summed E-state index contributed by atoms with van der Waals surface area (Å²) < 4.78 is 5.52. The van der Waals surface area contributed by atoms with Crippen LogP contribution < -0.4 is 10.1 Å². The first-order chi connectivity index (χ1) is 13.0. The summed E-state index contributed by atoms with van der Waals surface area (Å²) >= 11 is 0. The largest absolute Gasteiger partial charge is 0.494 e. The van der Waals surface area contributed by atoms with Gasteiger partial charge in [0.15, 0.2) is 0 Å². The van der Waals surface area contributed by atoms with Gasteiger partial charge in [0.2, 0.25) is 0 Å². The number of hydrogen-bond acceptors (Lipinski definition) is 4. The number of likely N-dealkylation sites (N-methyl/N-ethyl adjacent to an activating group) is 1. The molecule has 0 radical (unpaired) electrons. The van der Waals surface area contributed by atoms with E-state index in [0.717, 1.165) is 16.7 Å². The Morgan fingerprint density at radius 3 is 2.41 bits per heavy atom. The zero-order chi connectivity index (χ0) is 19.6. The number of amides is 2. The Hall–Kier alpha value is -3.08. The topological polar surface area (TPSA) is 58.6 Å². The van der Waals surface area contributed by atoms with Crippen LogP contribution in [0.2, 0.25) is 0 Å². The van der Waals surface area contributed by atoms with Gasteiger partial charge in [-0.1, -0.05) is 24.3 Å². The summed E-state index contributed by atoms with van der Waals surface area (Å²) in [7, 11) is 0. The molecule has 2 amide bonds. The molecule has 27 heavy (non-hydrogen) atoms. The van der Waals surface area contributed by atoms with Gasteiger partial charge < -0.3 is 10.1 Å². The number of nitrogens with one attached hydrogen (secondary N) is 1. The van der Waals surface area contributed by atoms with Crippen molar-refractivity contribution in [2.75, 3.05) is 18.5 Å². The number of ether oxygens (including phenoxy) is 1. The second kappa shape index (κ2) is 7.66. The van der Waals surface area contributed by atoms with Crippen LogP contribution in [0.5, 0.6) is 5.75 Å². The van der Waals surface area contributed by atoms with Gasteiger partial charge >= 0.3 is 0 Å². The van der Waals surface area contributed by atoms with Crippen molar-refractivity contribution >= 4 is 23.1 Å². The first-order valence-corrected chi connectivity index (χ1v) is 9.14. The monoisotopic (exact) mass is 364 g/mol. The molecule has 0 aromatic heterocycles. The number of imide groups is 1. The summed E-state index contributed by atoms with van der Waals surface area (Å²) in [4.78, 5) is 27.0. The van der Waals surface area contributed by atoms with Crippen LogP contribution in [-0.4, -0.2) is 29.9 Å². The molecule has 0 bridgehead atoms. The number of benzene rings is 2. The van der Waals surface area contributed by atoms with E-state index in [1.807, 2.05) is 63.2 Å². The second-order valence-corrected chi connectivity index (χ2v) is 6.49. The molecule has 1 aliphatic rings. The molecule has 0 aliphatic carbocycles. The van der Waals surface area contributed by atoms with Crippen LogP contribution in [0.1, 0.15) is 30.5 Å². The van der Waals surface area contributed by atoms with Gasteiger partial charge in [-0.15, -0.1) is 0 Å². The summed E-state index contributed by atoms with van der Waals surface area (Å²) in [5.41, 5.74) is 4.38. The van der Waals surface area contributed by atoms with E-state index in [0.29, 0.717) is 35.9 Å². The Morgan fingerprint density at radius 2 is 1.74 bits per heavy atom. The van der Waals surface area contributed by atoms with E-state index in [2.05, 4.69) is 5.32 Å². The molecule has 5 nitrogen and oxygen atoms in total. The van der Waals surface area contributed by atoms with Gasteiger partial charge in [-0.2, -0.15) is 0 Å². The summed E-state index contributed by atoms with van der Waals surface area (Å²) in [6.45, 7) is 8.62. The fraction of sp³-hybridized carbons (Fsp3) is 0.273. The molecule has 0 spiro atoms. The Kier molecular flexibility index (Phi) is 5.31. The van der Waals surface area contributed by atoms with Crippen molar-refractivity contribution in [1.29, 1.82) is 0 Å². The standard InChI is InChI=1S/C22H24N2O3/c1-5-24-21(25)19(16-11-10-14(3)15(4)12-16)20(22(24)26)23-17-8-7-9-18(13-17)27-6-2/h7-13,23H,5-6H2,1-4H3.